The Bertz CT molecular complexity index is 1440. The maximum absolute atomic E-state index is 12.8. The smallest absolute Gasteiger partial charge is 0.272 e. The summed E-state index contributed by atoms with van der Waals surface area (Å²) < 4.78 is 6.35. The van der Waals surface area contributed by atoms with Gasteiger partial charge in [0.15, 0.2) is 5.84 Å². The van der Waals surface area contributed by atoms with E-state index in [0.29, 0.717) is 34.9 Å². The summed E-state index contributed by atoms with van der Waals surface area (Å²) in [5.41, 5.74) is 4.33. The molecule has 2 N–H and O–H groups in total. The number of amidine groups is 1. The monoisotopic (exact) mass is 630 g/mol. The number of aliphatic imine (C=N–C) groups is 2. The number of ether oxygens (including phenoxy) is 1. The highest BCUT2D eigenvalue weighted by Crippen LogP contribution is 2.28. The highest BCUT2D eigenvalue weighted by molar-refractivity contribution is 6.45. The summed E-state index contributed by atoms with van der Waals surface area (Å²) in [6.07, 6.45) is 15.9. The molecule has 0 atom stereocenters. The van der Waals surface area contributed by atoms with Crippen molar-refractivity contribution in [2.45, 2.75) is 66.2 Å². The molecule has 2 aromatic rings. The normalized spacial score (nSPS) is 17.3. The average molecular weight is 631 g/mol. The lowest BCUT2D eigenvalue weighted by Crippen LogP contribution is -2.39. The molecule has 2 aliphatic rings. The summed E-state index contributed by atoms with van der Waals surface area (Å²) in [5, 5.41) is 7.04. The third kappa shape index (κ3) is 11.0. The Morgan fingerprint density at radius 3 is 2.56 bits per heavy atom. The van der Waals surface area contributed by atoms with Gasteiger partial charge in [-0.15, -0.1) is 0 Å². The summed E-state index contributed by atoms with van der Waals surface area (Å²) >= 11 is 6.48. The second-order valence-corrected chi connectivity index (χ2v) is 11.4. The van der Waals surface area contributed by atoms with Crippen LogP contribution in [0, 0.1) is 5.92 Å². The van der Waals surface area contributed by atoms with Crippen molar-refractivity contribution in [3.8, 4) is 5.75 Å². The lowest BCUT2D eigenvalue weighted by molar-refractivity contribution is -0.128. The van der Waals surface area contributed by atoms with Crippen LogP contribution in [-0.4, -0.2) is 47.5 Å². The number of likely N-dealkylation sites (tertiary alicyclic amines) is 1. The van der Waals surface area contributed by atoms with Gasteiger partial charge in [-0.3, -0.25) is 14.8 Å². The largest absolute Gasteiger partial charge is 0.493 e. The molecular formula is C36H47ClN6O2. The Morgan fingerprint density at radius 2 is 1.87 bits per heavy atom. The van der Waals surface area contributed by atoms with E-state index < -0.39 is 0 Å². The number of benzene rings is 1. The predicted octanol–water partition coefficient (Wildman–Crippen LogP) is 8.30. The summed E-state index contributed by atoms with van der Waals surface area (Å²) in [4.78, 5) is 27.9. The first-order valence-corrected chi connectivity index (χ1v) is 16.1. The van der Waals surface area contributed by atoms with Gasteiger partial charge < -0.3 is 20.3 Å². The van der Waals surface area contributed by atoms with Crippen molar-refractivity contribution in [3.63, 3.8) is 0 Å². The Balaban J connectivity index is 0.00000177. The Hall–Kier alpha value is -4.17. The van der Waals surface area contributed by atoms with Crippen LogP contribution in [0.2, 0.25) is 0 Å². The Morgan fingerprint density at radius 1 is 1.11 bits per heavy atom. The zero-order chi connectivity index (χ0) is 32.6. The van der Waals surface area contributed by atoms with Crippen LogP contribution in [0.15, 0.2) is 94.6 Å². The standard InChI is InChI=1S/C33H39ClN6O2.C3H8/c1-5-15-36-30(7-3)33(41)40-16-12-24(13-17-40)14-18-42-31-11-10-27-20-26(31)9-8-25-19-28(22-35-21-25)37-23(4)38-32(39-27)29(34)6-2;1-3-2/h5-7,10-11,15,19-22,24,37H,1,4,8-9,12-14,16-18H2,2-3H3,(H,38,39);3H2,1-2H3/b29-6+,30-7-,36-15?;. The molecule has 8 nitrogen and oxygen atoms in total. The third-order valence-electron chi connectivity index (χ3n) is 7.31. The molecule has 2 aliphatic heterocycles. The van der Waals surface area contributed by atoms with E-state index in [4.69, 9.17) is 16.3 Å². The molecule has 4 bridgehead atoms. The maximum atomic E-state index is 12.8. The van der Waals surface area contributed by atoms with Crippen molar-refractivity contribution in [1.82, 2.24) is 9.88 Å². The van der Waals surface area contributed by atoms with E-state index in [1.807, 2.05) is 37.1 Å². The highest BCUT2D eigenvalue weighted by Gasteiger charge is 2.24. The van der Waals surface area contributed by atoms with Crippen molar-refractivity contribution in [3.05, 3.63) is 95.7 Å². The van der Waals surface area contributed by atoms with Gasteiger partial charge in [0.25, 0.3) is 5.91 Å². The molecule has 1 saturated heterocycles. The zero-order valence-electron chi connectivity index (χ0n) is 27.1. The van der Waals surface area contributed by atoms with Crippen LogP contribution in [-0.2, 0) is 17.6 Å². The van der Waals surface area contributed by atoms with Crippen molar-refractivity contribution < 1.29 is 9.53 Å². The number of nitrogens with one attached hydrogen (secondary N) is 2. The number of rotatable bonds is 8. The van der Waals surface area contributed by atoms with Gasteiger partial charge in [0.2, 0.25) is 0 Å². The number of piperidine rings is 1. The molecule has 0 saturated carbocycles. The first-order chi connectivity index (χ1) is 21.8. The second-order valence-electron chi connectivity index (χ2n) is 11.0. The van der Waals surface area contributed by atoms with Gasteiger partial charge in [0.1, 0.15) is 17.3 Å². The Labute approximate surface area is 273 Å². The van der Waals surface area contributed by atoms with Gasteiger partial charge in [0.05, 0.1) is 23.5 Å². The van der Waals surface area contributed by atoms with Gasteiger partial charge in [-0.05, 0) is 87.3 Å². The number of fused-ring (bicyclic) bond motifs is 4. The number of allylic oxidation sites excluding steroid dienone is 3. The molecule has 1 aromatic carbocycles. The van der Waals surface area contributed by atoms with Crippen LogP contribution < -0.4 is 15.4 Å². The number of amides is 1. The molecule has 0 unspecified atom stereocenters. The number of halogens is 1. The van der Waals surface area contributed by atoms with E-state index >= 15 is 0 Å². The van der Waals surface area contributed by atoms with E-state index in [1.54, 1.807) is 30.6 Å². The van der Waals surface area contributed by atoms with E-state index in [9.17, 15) is 4.79 Å². The van der Waals surface area contributed by atoms with Crippen LogP contribution in [0.4, 0.5) is 11.4 Å². The first kappa shape index (κ1) is 35.3. The van der Waals surface area contributed by atoms with E-state index in [1.165, 1.54) is 6.42 Å². The van der Waals surface area contributed by atoms with Gasteiger partial charge in [-0.1, -0.05) is 63.3 Å². The lowest BCUT2D eigenvalue weighted by atomic mass is 9.93. The topological polar surface area (TPSA) is 91.2 Å². The molecule has 1 fully saturated rings. The summed E-state index contributed by atoms with van der Waals surface area (Å²) in [7, 11) is 0. The first-order valence-electron chi connectivity index (χ1n) is 15.8. The molecule has 1 amide bonds. The molecule has 240 valence electrons. The van der Waals surface area contributed by atoms with Crippen molar-refractivity contribution >= 4 is 40.9 Å². The van der Waals surface area contributed by atoms with Gasteiger partial charge in [-0.2, -0.15) is 0 Å². The van der Waals surface area contributed by atoms with E-state index in [-0.39, 0.29) is 5.91 Å². The predicted molar refractivity (Wildman–Crippen MR) is 189 cm³/mol. The van der Waals surface area contributed by atoms with Gasteiger partial charge >= 0.3 is 0 Å². The van der Waals surface area contributed by atoms with Crippen LogP contribution in [0.1, 0.15) is 64.5 Å². The molecule has 3 heterocycles. The molecule has 0 radical (unpaired) electrons. The second kappa shape index (κ2) is 18.6. The van der Waals surface area contributed by atoms with Crippen LogP contribution in [0.5, 0.6) is 5.75 Å². The quantitative estimate of drug-likeness (QED) is 0.226. The summed E-state index contributed by atoms with van der Waals surface area (Å²) in [6, 6.07) is 8.13. The average Bonchev–Trinajstić information content (AvgIpc) is 3.05. The number of anilines is 2. The number of aryl methyl sites for hydroxylation is 2. The third-order valence-corrected chi connectivity index (χ3v) is 7.71. The fourth-order valence-corrected chi connectivity index (χ4v) is 5.11. The van der Waals surface area contributed by atoms with Crippen molar-refractivity contribution in [1.29, 1.82) is 0 Å². The number of hydrogen-bond acceptors (Lipinski definition) is 7. The number of carbonyl (C=O) groups excluding carboxylic acids is 1. The summed E-state index contributed by atoms with van der Waals surface area (Å²) in [6.45, 7) is 17.7. The number of nitrogens with zero attached hydrogens (tertiary/aromatic N) is 4. The summed E-state index contributed by atoms with van der Waals surface area (Å²) in [5.74, 6) is 2.29. The SMILES string of the molecule is C=CC=N/C(=C\C)C(=O)N1CCC(CCOc2ccc3cc2CCc2cncc(c2)NC(=C)/N=C(\C(Cl)=C/C)N3)CC1.CCC. The van der Waals surface area contributed by atoms with Crippen molar-refractivity contribution in [2.24, 2.45) is 15.9 Å². The molecule has 0 spiro atoms. The lowest BCUT2D eigenvalue weighted by Gasteiger charge is -2.32. The van der Waals surface area contributed by atoms with Gasteiger partial charge in [-0.25, -0.2) is 4.99 Å². The molecular weight excluding hydrogens is 584 g/mol. The number of pyridine rings is 1. The fraction of sp³-hybridized carbons (Fsp3) is 0.389. The fourth-order valence-electron chi connectivity index (χ4n) is 5.02. The minimum absolute atomic E-state index is 0.0243. The van der Waals surface area contributed by atoms with E-state index in [2.05, 4.69) is 64.7 Å². The number of aromatic nitrogens is 1. The molecule has 0 aliphatic carbocycles. The van der Waals surface area contributed by atoms with Crippen LogP contribution in [0.25, 0.3) is 0 Å². The minimum Gasteiger partial charge on any atom is -0.493 e. The highest BCUT2D eigenvalue weighted by atomic mass is 35.5. The molecule has 1 aromatic heterocycles. The minimum atomic E-state index is -0.0243. The van der Waals surface area contributed by atoms with Crippen LogP contribution >= 0.6 is 11.6 Å². The number of hydrogen-bond donors (Lipinski definition) is 2. The van der Waals surface area contributed by atoms with Crippen LogP contribution in [0.3, 0.4) is 0 Å². The van der Waals surface area contributed by atoms with Gasteiger partial charge in [0, 0.05) is 31.2 Å². The zero-order valence-corrected chi connectivity index (χ0v) is 27.9. The maximum Gasteiger partial charge on any atom is 0.272 e. The molecule has 4 rings (SSSR count). The Kier molecular flexibility index (Phi) is 14.6. The number of carbonyl (C=O) groups is 1. The van der Waals surface area contributed by atoms with Crippen molar-refractivity contribution in [2.75, 3.05) is 30.3 Å². The van der Waals surface area contributed by atoms with E-state index in [0.717, 1.165) is 73.4 Å². The molecule has 45 heavy (non-hydrogen) atoms. The molecule has 9 heteroatoms.